The lowest BCUT2D eigenvalue weighted by Crippen LogP contribution is -2.27. The number of hydrogen-bond acceptors (Lipinski definition) is 2. The molecule has 0 bridgehead atoms. The summed E-state index contributed by atoms with van der Waals surface area (Å²) in [7, 11) is 0. The van der Waals surface area contributed by atoms with E-state index in [-0.39, 0.29) is 11.8 Å². The molecule has 2 N–H and O–H groups in total. The van der Waals surface area contributed by atoms with Crippen molar-refractivity contribution in [2.45, 2.75) is 12.4 Å². The van der Waals surface area contributed by atoms with E-state index in [1.54, 1.807) is 0 Å². The SMILES string of the molecule is NC(=O)c1cn(-c2ccc(C(F)(F)F)cc2)c(=O)cc1C(F)(F)F. The number of nitrogens with zero attached hydrogens (tertiary/aromatic N) is 1. The van der Waals surface area contributed by atoms with Gasteiger partial charge in [0.2, 0.25) is 0 Å². The Morgan fingerprint density at radius 1 is 0.958 bits per heavy atom. The second kappa shape index (κ2) is 5.69. The van der Waals surface area contributed by atoms with Crippen LogP contribution >= 0.6 is 0 Å². The lowest BCUT2D eigenvalue weighted by Gasteiger charge is -2.14. The number of aromatic nitrogens is 1. The molecule has 4 nitrogen and oxygen atoms in total. The van der Waals surface area contributed by atoms with E-state index >= 15 is 0 Å². The van der Waals surface area contributed by atoms with Gasteiger partial charge in [0, 0.05) is 18.0 Å². The first-order chi connectivity index (χ1) is 10.9. The fourth-order valence-corrected chi connectivity index (χ4v) is 1.98. The fourth-order valence-electron chi connectivity index (χ4n) is 1.98. The average molecular weight is 350 g/mol. The molecule has 0 aliphatic rings. The smallest absolute Gasteiger partial charge is 0.366 e. The summed E-state index contributed by atoms with van der Waals surface area (Å²) in [6.45, 7) is 0. The van der Waals surface area contributed by atoms with E-state index in [0.29, 0.717) is 22.9 Å². The van der Waals surface area contributed by atoms with E-state index < -0.39 is 40.5 Å². The highest BCUT2D eigenvalue weighted by molar-refractivity contribution is 5.94. The third-order valence-corrected chi connectivity index (χ3v) is 3.10. The maximum absolute atomic E-state index is 12.8. The van der Waals surface area contributed by atoms with Crippen LogP contribution in [0.5, 0.6) is 0 Å². The molecule has 1 heterocycles. The molecule has 0 radical (unpaired) electrons. The Bertz CT molecular complexity index is 834. The van der Waals surface area contributed by atoms with Gasteiger partial charge >= 0.3 is 12.4 Å². The summed E-state index contributed by atoms with van der Waals surface area (Å²) in [6, 6.07) is 3.26. The number of hydrogen-bond donors (Lipinski definition) is 1. The van der Waals surface area contributed by atoms with Crippen molar-refractivity contribution in [3.63, 3.8) is 0 Å². The molecule has 0 unspecified atom stereocenters. The standard InChI is InChI=1S/C14H8F6N2O2/c15-13(16,17)7-1-3-8(4-2-7)22-6-9(12(21)24)10(5-11(22)23)14(18,19)20/h1-6H,(H2,21,24). The Balaban J connectivity index is 2.62. The lowest BCUT2D eigenvalue weighted by molar-refractivity contribution is -0.138. The number of amides is 1. The van der Waals surface area contributed by atoms with E-state index in [2.05, 4.69) is 0 Å². The normalized spacial score (nSPS) is 12.2. The van der Waals surface area contributed by atoms with Crippen molar-refractivity contribution < 1.29 is 31.1 Å². The molecule has 0 saturated carbocycles. The van der Waals surface area contributed by atoms with Crippen LogP contribution in [0.25, 0.3) is 5.69 Å². The quantitative estimate of drug-likeness (QED) is 0.847. The Hall–Kier alpha value is -2.78. The van der Waals surface area contributed by atoms with Gasteiger partial charge < -0.3 is 5.73 Å². The summed E-state index contributed by atoms with van der Waals surface area (Å²) in [5.74, 6) is -1.43. The predicted octanol–water partition coefficient (Wildman–Crippen LogP) is 2.97. The molecule has 0 spiro atoms. The van der Waals surface area contributed by atoms with Crippen molar-refractivity contribution in [1.29, 1.82) is 0 Å². The maximum atomic E-state index is 12.8. The van der Waals surface area contributed by atoms with Crippen molar-refractivity contribution in [3.05, 3.63) is 63.6 Å². The first-order valence-electron chi connectivity index (χ1n) is 6.22. The number of primary amides is 1. The van der Waals surface area contributed by atoms with Gasteiger partial charge in [-0.3, -0.25) is 14.2 Å². The Morgan fingerprint density at radius 3 is 1.92 bits per heavy atom. The number of rotatable bonds is 2. The third kappa shape index (κ3) is 3.42. The number of pyridine rings is 1. The minimum atomic E-state index is -4.98. The van der Waals surface area contributed by atoms with Gasteiger partial charge in [0.05, 0.1) is 16.7 Å². The molecule has 2 aromatic rings. The first kappa shape index (κ1) is 17.6. The molecular formula is C14H8F6N2O2. The molecule has 1 aromatic carbocycles. The van der Waals surface area contributed by atoms with Crippen LogP contribution in [0.15, 0.2) is 41.3 Å². The van der Waals surface area contributed by atoms with E-state index in [0.717, 1.165) is 12.1 Å². The van der Waals surface area contributed by atoms with Crippen molar-refractivity contribution in [2.75, 3.05) is 0 Å². The van der Waals surface area contributed by atoms with Gasteiger partial charge in [0.25, 0.3) is 11.5 Å². The zero-order valence-corrected chi connectivity index (χ0v) is 11.6. The van der Waals surface area contributed by atoms with E-state index in [9.17, 15) is 35.9 Å². The average Bonchev–Trinajstić information content (AvgIpc) is 2.45. The number of carbonyl (C=O) groups is 1. The minimum Gasteiger partial charge on any atom is -0.366 e. The molecule has 0 aliphatic carbocycles. The Labute approximate surface area is 130 Å². The van der Waals surface area contributed by atoms with Crippen LogP contribution in [0, 0.1) is 0 Å². The van der Waals surface area contributed by atoms with Crippen molar-refractivity contribution in [3.8, 4) is 5.69 Å². The summed E-state index contributed by atoms with van der Waals surface area (Å²) in [5.41, 5.74) is 0.0835. The molecule has 0 saturated heterocycles. The molecule has 10 heteroatoms. The van der Waals surface area contributed by atoms with E-state index in [4.69, 9.17) is 5.73 Å². The van der Waals surface area contributed by atoms with Gasteiger partial charge in [0.15, 0.2) is 0 Å². The molecule has 24 heavy (non-hydrogen) atoms. The lowest BCUT2D eigenvalue weighted by atomic mass is 10.1. The highest BCUT2D eigenvalue weighted by Crippen LogP contribution is 2.32. The summed E-state index contributed by atoms with van der Waals surface area (Å²) >= 11 is 0. The van der Waals surface area contributed by atoms with Gasteiger partial charge in [-0.2, -0.15) is 26.3 Å². The molecule has 1 aromatic heterocycles. The second-order valence-electron chi connectivity index (χ2n) is 4.72. The molecule has 0 fully saturated rings. The van der Waals surface area contributed by atoms with Crippen LogP contribution in [0.3, 0.4) is 0 Å². The van der Waals surface area contributed by atoms with Gasteiger partial charge in [-0.05, 0) is 24.3 Å². The highest BCUT2D eigenvalue weighted by Gasteiger charge is 2.36. The Morgan fingerprint density at radius 2 is 1.50 bits per heavy atom. The fraction of sp³-hybridized carbons (Fsp3) is 0.143. The third-order valence-electron chi connectivity index (χ3n) is 3.10. The number of benzene rings is 1. The van der Waals surface area contributed by atoms with Crippen LogP contribution in [0.1, 0.15) is 21.5 Å². The number of nitrogens with two attached hydrogens (primary N) is 1. The Kier molecular flexibility index (Phi) is 4.17. The van der Waals surface area contributed by atoms with Gasteiger partial charge in [-0.25, -0.2) is 0 Å². The molecule has 1 amide bonds. The number of halogens is 6. The molecule has 128 valence electrons. The largest absolute Gasteiger partial charge is 0.417 e. The summed E-state index contributed by atoms with van der Waals surface area (Å²) < 4.78 is 76.6. The highest BCUT2D eigenvalue weighted by atomic mass is 19.4. The van der Waals surface area contributed by atoms with Crippen LogP contribution < -0.4 is 11.3 Å². The summed E-state index contributed by atoms with van der Waals surface area (Å²) in [5, 5.41) is 0. The molecular weight excluding hydrogens is 342 g/mol. The van der Waals surface area contributed by atoms with Crippen LogP contribution in [0.2, 0.25) is 0 Å². The molecule has 2 rings (SSSR count). The van der Waals surface area contributed by atoms with Gasteiger partial charge in [0.1, 0.15) is 0 Å². The number of alkyl halides is 6. The van der Waals surface area contributed by atoms with Crippen molar-refractivity contribution in [1.82, 2.24) is 4.57 Å². The van der Waals surface area contributed by atoms with Gasteiger partial charge in [-0.15, -0.1) is 0 Å². The van der Waals surface area contributed by atoms with Crippen molar-refractivity contribution >= 4 is 5.91 Å². The van der Waals surface area contributed by atoms with Crippen LogP contribution in [0.4, 0.5) is 26.3 Å². The van der Waals surface area contributed by atoms with Gasteiger partial charge in [-0.1, -0.05) is 0 Å². The monoisotopic (exact) mass is 350 g/mol. The predicted molar refractivity (Wildman–Crippen MR) is 70.6 cm³/mol. The minimum absolute atomic E-state index is 0.149. The number of carbonyl (C=O) groups excluding carboxylic acids is 1. The second-order valence-corrected chi connectivity index (χ2v) is 4.72. The summed E-state index contributed by atoms with van der Waals surface area (Å²) in [6.07, 6.45) is -9.04. The topological polar surface area (TPSA) is 65.1 Å². The zero-order valence-electron chi connectivity index (χ0n) is 11.6. The first-order valence-corrected chi connectivity index (χ1v) is 6.22. The zero-order chi connectivity index (χ0) is 18.3. The molecule has 0 atom stereocenters. The van der Waals surface area contributed by atoms with E-state index in [1.807, 2.05) is 0 Å². The van der Waals surface area contributed by atoms with Crippen LogP contribution in [-0.4, -0.2) is 10.5 Å². The van der Waals surface area contributed by atoms with Crippen LogP contribution in [-0.2, 0) is 12.4 Å². The molecule has 0 aliphatic heterocycles. The maximum Gasteiger partial charge on any atom is 0.417 e. The van der Waals surface area contributed by atoms with E-state index in [1.165, 1.54) is 0 Å². The van der Waals surface area contributed by atoms with Crippen molar-refractivity contribution in [2.24, 2.45) is 5.73 Å². The summed E-state index contributed by atoms with van der Waals surface area (Å²) in [4.78, 5) is 23.0.